The minimum absolute atomic E-state index is 0.0605. The maximum Gasteiger partial charge on any atom is 0.123 e. The lowest BCUT2D eigenvalue weighted by molar-refractivity contribution is 0.626. The molecule has 0 fully saturated rings. The van der Waals surface area contributed by atoms with Crippen LogP contribution in [0.3, 0.4) is 0 Å². The van der Waals surface area contributed by atoms with E-state index in [2.05, 4.69) is 0 Å². The molecule has 4 N–H and O–H groups in total. The molecular weight excluding hydrogens is 227 g/mol. The van der Waals surface area contributed by atoms with E-state index in [4.69, 9.17) is 11.5 Å². The first-order valence-corrected chi connectivity index (χ1v) is 5.99. The first-order valence-electron chi connectivity index (χ1n) is 5.99. The normalized spacial score (nSPS) is 12.4. The summed E-state index contributed by atoms with van der Waals surface area (Å²) in [5, 5.41) is 0. The fourth-order valence-electron chi connectivity index (χ4n) is 2.20. The number of halogens is 1. The highest BCUT2D eigenvalue weighted by atomic mass is 19.1. The van der Waals surface area contributed by atoms with E-state index in [0.29, 0.717) is 13.1 Å². The minimum atomic E-state index is -0.235. The highest BCUT2D eigenvalue weighted by Gasteiger charge is 2.15. The van der Waals surface area contributed by atoms with Gasteiger partial charge in [-0.3, -0.25) is 0 Å². The molecular formula is C15H17FN2. The standard InChI is InChI=1S/C15H17FN2/c16-13-7-5-11(6-8-13)15(10-18)14-4-2-1-3-12(14)9-17/h1-8,15H,9-10,17-18H2. The highest BCUT2D eigenvalue weighted by molar-refractivity contribution is 5.38. The Morgan fingerprint density at radius 2 is 1.61 bits per heavy atom. The molecule has 2 rings (SSSR count). The lowest BCUT2D eigenvalue weighted by Crippen LogP contribution is -2.16. The number of nitrogens with two attached hydrogens (primary N) is 2. The molecule has 18 heavy (non-hydrogen) atoms. The van der Waals surface area contributed by atoms with Crippen LogP contribution in [0.5, 0.6) is 0 Å². The van der Waals surface area contributed by atoms with E-state index < -0.39 is 0 Å². The molecule has 0 radical (unpaired) electrons. The second-order valence-corrected chi connectivity index (χ2v) is 4.24. The summed E-state index contributed by atoms with van der Waals surface area (Å²) in [5.41, 5.74) is 14.8. The summed E-state index contributed by atoms with van der Waals surface area (Å²) in [4.78, 5) is 0. The van der Waals surface area contributed by atoms with Crippen LogP contribution in [0.25, 0.3) is 0 Å². The fraction of sp³-hybridized carbons (Fsp3) is 0.200. The average Bonchev–Trinajstić information content (AvgIpc) is 2.42. The second-order valence-electron chi connectivity index (χ2n) is 4.24. The molecule has 0 aliphatic rings. The summed E-state index contributed by atoms with van der Waals surface area (Å²) in [5.74, 6) is -0.174. The molecule has 1 unspecified atom stereocenters. The number of hydrogen-bond donors (Lipinski definition) is 2. The molecule has 2 aromatic carbocycles. The van der Waals surface area contributed by atoms with E-state index in [0.717, 1.165) is 16.7 Å². The smallest absolute Gasteiger partial charge is 0.123 e. The van der Waals surface area contributed by atoms with Crippen LogP contribution in [0.2, 0.25) is 0 Å². The van der Waals surface area contributed by atoms with Gasteiger partial charge in [0.1, 0.15) is 5.82 Å². The number of benzene rings is 2. The Bertz CT molecular complexity index is 508. The maximum atomic E-state index is 13.0. The van der Waals surface area contributed by atoms with Crippen molar-refractivity contribution in [2.24, 2.45) is 11.5 Å². The van der Waals surface area contributed by atoms with Crippen LogP contribution in [0.1, 0.15) is 22.6 Å². The molecule has 1 atom stereocenters. The molecule has 2 nitrogen and oxygen atoms in total. The summed E-state index contributed by atoms with van der Waals surface area (Å²) in [6.07, 6.45) is 0. The molecule has 0 amide bonds. The molecule has 0 aromatic heterocycles. The van der Waals surface area contributed by atoms with E-state index in [1.165, 1.54) is 12.1 Å². The molecule has 2 aromatic rings. The van der Waals surface area contributed by atoms with E-state index in [1.807, 2.05) is 24.3 Å². The summed E-state index contributed by atoms with van der Waals surface area (Å²) < 4.78 is 13.0. The lowest BCUT2D eigenvalue weighted by Gasteiger charge is -2.19. The van der Waals surface area contributed by atoms with Gasteiger partial charge in [-0.2, -0.15) is 0 Å². The molecule has 0 aliphatic heterocycles. The fourth-order valence-corrected chi connectivity index (χ4v) is 2.20. The van der Waals surface area contributed by atoms with Gasteiger partial charge in [0.2, 0.25) is 0 Å². The van der Waals surface area contributed by atoms with Crippen molar-refractivity contribution in [1.29, 1.82) is 0 Å². The zero-order valence-electron chi connectivity index (χ0n) is 10.1. The maximum absolute atomic E-state index is 13.0. The summed E-state index contributed by atoms with van der Waals surface area (Å²) in [6, 6.07) is 14.4. The summed E-state index contributed by atoms with van der Waals surface area (Å²) >= 11 is 0. The van der Waals surface area contributed by atoms with Crippen molar-refractivity contribution in [2.75, 3.05) is 6.54 Å². The van der Waals surface area contributed by atoms with Crippen molar-refractivity contribution in [3.63, 3.8) is 0 Å². The lowest BCUT2D eigenvalue weighted by atomic mass is 9.88. The highest BCUT2D eigenvalue weighted by Crippen LogP contribution is 2.26. The molecule has 0 spiro atoms. The average molecular weight is 244 g/mol. The molecule has 0 saturated heterocycles. The Labute approximate surface area is 106 Å². The predicted molar refractivity (Wildman–Crippen MR) is 71.6 cm³/mol. The second kappa shape index (κ2) is 5.76. The Kier molecular flexibility index (Phi) is 4.07. The van der Waals surface area contributed by atoms with Crippen LogP contribution in [0.15, 0.2) is 48.5 Å². The van der Waals surface area contributed by atoms with Gasteiger partial charge in [0.05, 0.1) is 0 Å². The van der Waals surface area contributed by atoms with Crippen LogP contribution < -0.4 is 11.5 Å². The zero-order valence-corrected chi connectivity index (χ0v) is 10.1. The van der Waals surface area contributed by atoms with Crippen LogP contribution in [0.4, 0.5) is 4.39 Å². The first kappa shape index (κ1) is 12.7. The van der Waals surface area contributed by atoms with Crippen molar-refractivity contribution in [3.8, 4) is 0 Å². The molecule has 0 heterocycles. The Hall–Kier alpha value is -1.71. The predicted octanol–water partition coefficient (Wildman–Crippen LogP) is 2.38. The van der Waals surface area contributed by atoms with Crippen LogP contribution in [-0.4, -0.2) is 6.54 Å². The molecule has 0 bridgehead atoms. The SMILES string of the molecule is NCc1ccccc1C(CN)c1ccc(F)cc1. The Morgan fingerprint density at radius 1 is 0.944 bits per heavy atom. The first-order chi connectivity index (χ1) is 8.76. The van der Waals surface area contributed by atoms with Crippen molar-refractivity contribution in [2.45, 2.75) is 12.5 Å². The van der Waals surface area contributed by atoms with Gasteiger partial charge in [0.25, 0.3) is 0 Å². The molecule has 94 valence electrons. The zero-order chi connectivity index (χ0) is 13.0. The topological polar surface area (TPSA) is 52.0 Å². The quantitative estimate of drug-likeness (QED) is 0.867. The van der Waals surface area contributed by atoms with Crippen LogP contribution in [0, 0.1) is 5.82 Å². The minimum Gasteiger partial charge on any atom is -0.330 e. The Balaban J connectivity index is 2.41. The van der Waals surface area contributed by atoms with E-state index in [-0.39, 0.29) is 11.7 Å². The van der Waals surface area contributed by atoms with E-state index in [1.54, 1.807) is 12.1 Å². The Morgan fingerprint density at radius 3 is 2.22 bits per heavy atom. The van der Waals surface area contributed by atoms with Crippen molar-refractivity contribution < 1.29 is 4.39 Å². The largest absolute Gasteiger partial charge is 0.330 e. The van der Waals surface area contributed by atoms with Gasteiger partial charge in [0, 0.05) is 19.0 Å². The van der Waals surface area contributed by atoms with Gasteiger partial charge in [-0.25, -0.2) is 4.39 Å². The van der Waals surface area contributed by atoms with Crippen molar-refractivity contribution in [3.05, 3.63) is 71.0 Å². The summed E-state index contributed by atoms with van der Waals surface area (Å²) in [7, 11) is 0. The molecule has 0 aliphatic carbocycles. The van der Waals surface area contributed by atoms with Gasteiger partial charge in [-0.1, -0.05) is 36.4 Å². The van der Waals surface area contributed by atoms with Gasteiger partial charge in [-0.15, -0.1) is 0 Å². The van der Waals surface area contributed by atoms with Gasteiger partial charge < -0.3 is 11.5 Å². The summed E-state index contributed by atoms with van der Waals surface area (Å²) in [6.45, 7) is 0.955. The number of hydrogen-bond acceptors (Lipinski definition) is 2. The molecule has 3 heteroatoms. The third kappa shape index (κ3) is 2.58. The van der Waals surface area contributed by atoms with Crippen LogP contribution in [-0.2, 0) is 6.54 Å². The monoisotopic (exact) mass is 244 g/mol. The number of rotatable bonds is 4. The van der Waals surface area contributed by atoms with Crippen molar-refractivity contribution >= 4 is 0 Å². The van der Waals surface area contributed by atoms with E-state index in [9.17, 15) is 4.39 Å². The third-order valence-electron chi connectivity index (χ3n) is 3.16. The van der Waals surface area contributed by atoms with Crippen LogP contribution >= 0.6 is 0 Å². The van der Waals surface area contributed by atoms with Gasteiger partial charge in [0.15, 0.2) is 0 Å². The van der Waals surface area contributed by atoms with Gasteiger partial charge in [-0.05, 0) is 28.8 Å². The van der Waals surface area contributed by atoms with Crippen molar-refractivity contribution in [1.82, 2.24) is 0 Å². The third-order valence-corrected chi connectivity index (χ3v) is 3.16. The molecule has 0 saturated carbocycles. The van der Waals surface area contributed by atoms with E-state index >= 15 is 0 Å². The van der Waals surface area contributed by atoms with Gasteiger partial charge >= 0.3 is 0 Å².